The van der Waals surface area contributed by atoms with Gasteiger partial charge in [-0.15, -0.1) is 0 Å². The first-order valence-corrected chi connectivity index (χ1v) is 7.62. The molecule has 0 spiro atoms. The smallest absolute Gasteiger partial charge is 0.267 e. The molecule has 1 amide bonds. The Hall–Kier alpha value is -2.13. The first-order valence-electron chi connectivity index (χ1n) is 7.24. The van der Waals surface area contributed by atoms with Gasteiger partial charge >= 0.3 is 0 Å². The van der Waals surface area contributed by atoms with E-state index in [1.807, 2.05) is 30.3 Å². The van der Waals surface area contributed by atoms with Crippen molar-refractivity contribution in [1.29, 1.82) is 0 Å². The van der Waals surface area contributed by atoms with Gasteiger partial charge in [-0.05, 0) is 36.1 Å². The molecule has 0 saturated carbocycles. The molecule has 3 nitrogen and oxygen atoms in total. The summed E-state index contributed by atoms with van der Waals surface area (Å²) in [4.78, 5) is 12.1. The average molecular weight is 315 g/mol. The summed E-state index contributed by atoms with van der Waals surface area (Å²) in [6.07, 6.45) is 0.792. The molecule has 0 atom stereocenters. The molecule has 0 bridgehead atoms. The summed E-state index contributed by atoms with van der Waals surface area (Å²) in [5.41, 5.74) is 5.00. The van der Waals surface area contributed by atoms with Crippen LogP contribution >= 0.6 is 11.6 Å². The molecule has 0 fully saturated rings. The van der Waals surface area contributed by atoms with E-state index in [0.29, 0.717) is 16.5 Å². The number of benzene rings is 2. The Morgan fingerprint density at radius 1 is 1.09 bits per heavy atom. The number of nitrogens with one attached hydrogen (secondary N) is 1. The van der Waals surface area contributed by atoms with Crippen LogP contribution in [0.4, 0.5) is 0 Å². The zero-order valence-electron chi connectivity index (χ0n) is 12.7. The fourth-order valence-electron chi connectivity index (χ4n) is 2.06. The molecule has 0 radical (unpaired) electrons. The van der Waals surface area contributed by atoms with Crippen molar-refractivity contribution in [3.05, 3.63) is 70.7 Å². The maximum atomic E-state index is 12.1. The van der Waals surface area contributed by atoms with Crippen LogP contribution in [0.15, 0.2) is 59.7 Å². The molecule has 2 aromatic rings. The minimum atomic E-state index is -0.264. The Bertz CT molecular complexity index is 666. The molecular weight excluding hydrogens is 296 g/mol. The van der Waals surface area contributed by atoms with E-state index >= 15 is 0 Å². The molecule has 4 heteroatoms. The second kappa shape index (κ2) is 7.76. The second-order valence-corrected chi connectivity index (χ2v) is 5.91. The summed E-state index contributed by atoms with van der Waals surface area (Å²) >= 11 is 5.90. The molecule has 0 aliphatic carbocycles. The highest BCUT2D eigenvalue weighted by Gasteiger charge is 2.09. The largest absolute Gasteiger partial charge is 0.271 e. The molecule has 0 aliphatic rings. The molecule has 22 heavy (non-hydrogen) atoms. The Morgan fingerprint density at radius 3 is 2.41 bits per heavy atom. The van der Waals surface area contributed by atoms with E-state index < -0.39 is 0 Å². The van der Waals surface area contributed by atoms with E-state index in [1.54, 1.807) is 24.3 Å². The van der Waals surface area contributed by atoms with Crippen LogP contribution in [0.1, 0.15) is 36.2 Å². The zero-order valence-corrected chi connectivity index (χ0v) is 13.5. The lowest BCUT2D eigenvalue weighted by molar-refractivity contribution is 0.0954. The molecule has 2 rings (SSSR count). The monoisotopic (exact) mass is 314 g/mol. The van der Waals surface area contributed by atoms with E-state index in [1.165, 1.54) is 0 Å². The van der Waals surface area contributed by atoms with Crippen molar-refractivity contribution in [2.75, 3.05) is 0 Å². The maximum absolute atomic E-state index is 12.1. The predicted molar refractivity (Wildman–Crippen MR) is 91.4 cm³/mol. The number of rotatable bonds is 5. The molecule has 0 saturated heterocycles. The predicted octanol–water partition coefficient (Wildman–Crippen LogP) is 4.52. The van der Waals surface area contributed by atoms with Crippen molar-refractivity contribution in [2.45, 2.75) is 20.3 Å². The van der Waals surface area contributed by atoms with Crippen molar-refractivity contribution in [1.82, 2.24) is 5.43 Å². The number of carbonyl (C=O) groups is 1. The molecule has 0 unspecified atom stereocenters. The van der Waals surface area contributed by atoms with Gasteiger partial charge < -0.3 is 0 Å². The summed E-state index contributed by atoms with van der Waals surface area (Å²) in [5, 5.41) is 4.84. The highest BCUT2D eigenvalue weighted by Crippen LogP contribution is 2.12. The third-order valence-electron chi connectivity index (χ3n) is 3.09. The van der Waals surface area contributed by atoms with E-state index in [4.69, 9.17) is 11.6 Å². The van der Waals surface area contributed by atoms with Gasteiger partial charge in [-0.1, -0.05) is 61.8 Å². The summed E-state index contributed by atoms with van der Waals surface area (Å²) in [5.74, 6) is 0.182. The van der Waals surface area contributed by atoms with Gasteiger partial charge in [-0.2, -0.15) is 5.10 Å². The van der Waals surface area contributed by atoms with Gasteiger partial charge in [0.25, 0.3) is 5.91 Å². The molecule has 1 N–H and O–H groups in total. The number of carbonyl (C=O) groups excluding carboxylic acids is 1. The van der Waals surface area contributed by atoms with Crippen LogP contribution in [0.2, 0.25) is 5.02 Å². The van der Waals surface area contributed by atoms with E-state index in [-0.39, 0.29) is 5.91 Å². The van der Waals surface area contributed by atoms with Crippen LogP contribution in [-0.4, -0.2) is 11.6 Å². The summed E-state index contributed by atoms with van der Waals surface area (Å²) in [7, 11) is 0. The minimum Gasteiger partial charge on any atom is -0.267 e. The van der Waals surface area contributed by atoms with Gasteiger partial charge in [0, 0.05) is 10.6 Å². The number of nitrogens with zero attached hydrogens (tertiary/aromatic N) is 1. The van der Waals surface area contributed by atoms with Gasteiger partial charge in [-0.3, -0.25) is 4.79 Å². The second-order valence-electron chi connectivity index (χ2n) is 5.47. The van der Waals surface area contributed by atoms with Gasteiger partial charge in [0.15, 0.2) is 0 Å². The van der Waals surface area contributed by atoms with E-state index in [9.17, 15) is 4.79 Å². The number of amides is 1. The maximum Gasteiger partial charge on any atom is 0.271 e. The third kappa shape index (κ3) is 4.71. The number of hydrazone groups is 1. The Kier molecular flexibility index (Phi) is 5.73. The molecule has 0 heterocycles. The lowest BCUT2D eigenvalue weighted by atomic mass is 10.0. The number of hydrogen-bond donors (Lipinski definition) is 1. The van der Waals surface area contributed by atoms with Crippen molar-refractivity contribution in [3.63, 3.8) is 0 Å². The normalized spacial score (nSPS) is 11.5. The Labute approximate surface area is 136 Å². The highest BCUT2D eigenvalue weighted by molar-refractivity contribution is 6.30. The Balaban J connectivity index is 2.18. The molecular formula is C18H19ClN2O. The lowest BCUT2D eigenvalue weighted by Gasteiger charge is -2.10. The standard InChI is InChI=1S/C18H19ClN2O/c1-13(2)11-17(14-7-4-3-5-8-14)20-21-18(22)15-9-6-10-16(19)12-15/h3-10,12-13H,11H2,1-2H3,(H,21,22). The fraction of sp³-hybridized carbons (Fsp3) is 0.222. The van der Waals surface area contributed by atoms with Crippen LogP contribution in [0.5, 0.6) is 0 Å². The van der Waals surface area contributed by atoms with Crippen LogP contribution in [0, 0.1) is 5.92 Å². The average Bonchev–Trinajstić information content (AvgIpc) is 2.51. The van der Waals surface area contributed by atoms with Gasteiger partial charge in [0.1, 0.15) is 0 Å². The van der Waals surface area contributed by atoms with Gasteiger partial charge in [-0.25, -0.2) is 5.43 Å². The van der Waals surface area contributed by atoms with Crippen molar-refractivity contribution < 1.29 is 4.79 Å². The molecule has 2 aromatic carbocycles. The molecule has 0 aliphatic heterocycles. The van der Waals surface area contributed by atoms with Crippen LogP contribution in [-0.2, 0) is 0 Å². The summed E-state index contributed by atoms with van der Waals surface area (Å²) < 4.78 is 0. The van der Waals surface area contributed by atoms with Crippen molar-refractivity contribution in [3.8, 4) is 0 Å². The topological polar surface area (TPSA) is 41.5 Å². The van der Waals surface area contributed by atoms with Crippen molar-refractivity contribution >= 4 is 23.2 Å². The van der Waals surface area contributed by atoms with Crippen LogP contribution < -0.4 is 5.43 Å². The lowest BCUT2D eigenvalue weighted by Crippen LogP contribution is -2.20. The minimum absolute atomic E-state index is 0.264. The van der Waals surface area contributed by atoms with Crippen LogP contribution in [0.3, 0.4) is 0 Å². The number of hydrogen-bond acceptors (Lipinski definition) is 2. The zero-order chi connectivity index (χ0) is 15.9. The number of halogens is 1. The first-order chi connectivity index (χ1) is 10.6. The fourth-order valence-corrected chi connectivity index (χ4v) is 2.25. The van der Waals surface area contributed by atoms with Gasteiger partial charge in [0.05, 0.1) is 5.71 Å². The van der Waals surface area contributed by atoms with Crippen molar-refractivity contribution in [2.24, 2.45) is 11.0 Å². The molecule has 0 aromatic heterocycles. The summed E-state index contributed by atoms with van der Waals surface area (Å²) in [6.45, 7) is 4.24. The van der Waals surface area contributed by atoms with Gasteiger partial charge in [0.2, 0.25) is 0 Å². The third-order valence-corrected chi connectivity index (χ3v) is 3.32. The van der Waals surface area contributed by atoms with E-state index in [0.717, 1.165) is 17.7 Å². The molecule has 114 valence electrons. The Morgan fingerprint density at radius 2 is 1.77 bits per heavy atom. The van der Waals surface area contributed by atoms with Crippen LogP contribution in [0.25, 0.3) is 0 Å². The highest BCUT2D eigenvalue weighted by atomic mass is 35.5. The SMILES string of the molecule is CC(C)CC(=NNC(=O)c1cccc(Cl)c1)c1ccccc1. The first kappa shape index (κ1) is 16.2. The van der Waals surface area contributed by atoms with E-state index in [2.05, 4.69) is 24.4 Å². The quantitative estimate of drug-likeness (QED) is 0.640. The summed E-state index contributed by atoms with van der Waals surface area (Å²) in [6, 6.07) is 16.7.